The van der Waals surface area contributed by atoms with Gasteiger partial charge in [0.25, 0.3) is 0 Å². The predicted molar refractivity (Wildman–Crippen MR) is 80.1 cm³/mol. The number of halogens is 2. The van der Waals surface area contributed by atoms with Gasteiger partial charge in [-0.25, -0.2) is 18.7 Å². The fraction of sp³-hybridized carbons (Fsp3) is 0.214. The van der Waals surface area contributed by atoms with Gasteiger partial charge < -0.3 is 15.6 Å². The lowest BCUT2D eigenvalue weighted by Gasteiger charge is -2.06. The second-order valence-electron chi connectivity index (χ2n) is 5.06. The first kappa shape index (κ1) is 14.2. The summed E-state index contributed by atoms with van der Waals surface area (Å²) in [6, 6.07) is 3.47. The van der Waals surface area contributed by atoms with Crippen molar-refractivity contribution in [2.24, 2.45) is 0 Å². The Bertz CT molecular complexity index is 814. The van der Waals surface area contributed by atoms with Crippen LogP contribution in [0.25, 0.3) is 11.2 Å². The fourth-order valence-corrected chi connectivity index (χ4v) is 1.92. The summed E-state index contributed by atoms with van der Waals surface area (Å²) in [4.78, 5) is 15.6. The van der Waals surface area contributed by atoms with E-state index in [4.69, 9.17) is 0 Å². The predicted octanol–water partition coefficient (Wildman–Crippen LogP) is 3.20. The molecule has 0 radical (unpaired) electrons. The van der Waals surface area contributed by atoms with Gasteiger partial charge in [-0.15, -0.1) is 0 Å². The summed E-state index contributed by atoms with van der Waals surface area (Å²) < 4.78 is 26.5. The van der Waals surface area contributed by atoms with Gasteiger partial charge in [0, 0.05) is 12.1 Å². The number of benzene rings is 1. The molecule has 22 heavy (non-hydrogen) atoms. The van der Waals surface area contributed by atoms with Crippen molar-refractivity contribution in [3.8, 4) is 0 Å². The van der Waals surface area contributed by atoms with Crippen LogP contribution in [-0.4, -0.2) is 26.0 Å². The van der Waals surface area contributed by atoms with Gasteiger partial charge in [-0.3, -0.25) is 0 Å². The van der Waals surface area contributed by atoms with E-state index in [2.05, 4.69) is 30.6 Å². The highest BCUT2D eigenvalue weighted by atomic mass is 19.1. The zero-order valence-corrected chi connectivity index (χ0v) is 12.0. The molecule has 6 nitrogen and oxygen atoms in total. The molecule has 114 valence electrons. The minimum absolute atomic E-state index is 0.119. The van der Waals surface area contributed by atoms with Crippen LogP contribution in [0.15, 0.2) is 24.4 Å². The van der Waals surface area contributed by atoms with Crippen molar-refractivity contribution in [2.45, 2.75) is 19.9 Å². The monoisotopic (exact) mass is 304 g/mol. The molecule has 3 N–H and O–H groups in total. The van der Waals surface area contributed by atoms with Crippen LogP contribution in [0, 0.1) is 11.6 Å². The van der Waals surface area contributed by atoms with E-state index in [0.717, 1.165) is 6.07 Å². The van der Waals surface area contributed by atoms with Crippen LogP contribution < -0.4 is 10.6 Å². The van der Waals surface area contributed by atoms with E-state index < -0.39 is 11.6 Å². The third kappa shape index (κ3) is 2.95. The fourth-order valence-electron chi connectivity index (χ4n) is 1.92. The van der Waals surface area contributed by atoms with Crippen LogP contribution in [0.1, 0.15) is 13.8 Å². The molecule has 0 saturated carbocycles. The molecular formula is C14H14F2N6. The number of hydrogen-bond acceptors (Lipinski definition) is 5. The average Bonchev–Trinajstić information content (AvgIpc) is 2.83. The number of H-pyrrole nitrogens is 1. The van der Waals surface area contributed by atoms with Gasteiger partial charge in [-0.1, -0.05) is 0 Å². The Balaban J connectivity index is 1.88. The number of aromatic amines is 1. The lowest BCUT2D eigenvalue weighted by atomic mass is 10.3. The Kier molecular flexibility index (Phi) is 3.58. The van der Waals surface area contributed by atoms with Gasteiger partial charge >= 0.3 is 0 Å². The quantitative estimate of drug-likeness (QED) is 0.690. The highest BCUT2D eigenvalue weighted by molar-refractivity contribution is 5.74. The van der Waals surface area contributed by atoms with Crippen LogP contribution in [0.4, 0.5) is 26.4 Å². The molecule has 0 aliphatic rings. The van der Waals surface area contributed by atoms with Gasteiger partial charge in [0.1, 0.15) is 17.2 Å². The second-order valence-corrected chi connectivity index (χ2v) is 5.06. The topological polar surface area (TPSA) is 78.5 Å². The van der Waals surface area contributed by atoms with Crippen LogP contribution in [-0.2, 0) is 0 Å². The number of rotatable bonds is 4. The smallest absolute Gasteiger partial charge is 0.224 e. The van der Waals surface area contributed by atoms with E-state index in [-0.39, 0.29) is 11.7 Å². The normalized spacial score (nSPS) is 11.1. The molecule has 3 rings (SSSR count). The minimum Gasteiger partial charge on any atom is -0.352 e. The van der Waals surface area contributed by atoms with Crippen molar-refractivity contribution >= 4 is 28.7 Å². The van der Waals surface area contributed by atoms with E-state index in [1.807, 2.05) is 13.8 Å². The van der Waals surface area contributed by atoms with Crippen molar-refractivity contribution in [1.82, 2.24) is 19.9 Å². The van der Waals surface area contributed by atoms with E-state index in [1.165, 1.54) is 12.1 Å². The molecule has 8 heteroatoms. The lowest BCUT2D eigenvalue weighted by Crippen LogP contribution is -2.12. The molecule has 2 aromatic heterocycles. The van der Waals surface area contributed by atoms with E-state index in [0.29, 0.717) is 23.1 Å². The number of fused-ring (bicyclic) bond motifs is 1. The molecule has 0 amide bonds. The summed E-state index contributed by atoms with van der Waals surface area (Å²) in [6.07, 6.45) is 1.57. The Morgan fingerprint density at radius 2 is 2.00 bits per heavy atom. The molecule has 0 saturated heterocycles. The maximum absolute atomic E-state index is 13.6. The molecule has 0 aliphatic heterocycles. The number of anilines is 3. The standard InChI is InChI=1S/C14H14F2N6/c1-7(2)18-13-17-6-11-12(21-13)22-14(20-11)19-10-4-3-8(15)5-9(10)16/h3-7H,1-2H3,(H3,17,18,19,20,21,22). The van der Waals surface area contributed by atoms with Crippen molar-refractivity contribution in [3.63, 3.8) is 0 Å². The maximum Gasteiger partial charge on any atom is 0.224 e. The molecule has 0 unspecified atom stereocenters. The Labute approximate surface area is 125 Å². The maximum atomic E-state index is 13.6. The molecule has 0 fully saturated rings. The summed E-state index contributed by atoms with van der Waals surface area (Å²) in [6.45, 7) is 3.95. The molecule has 0 aliphatic carbocycles. The molecule has 1 aromatic carbocycles. The molecule has 2 heterocycles. The zero-order chi connectivity index (χ0) is 15.7. The lowest BCUT2D eigenvalue weighted by molar-refractivity contribution is 0.586. The van der Waals surface area contributed by atoms with Crippen molar-refractivity contribution in [1.29, 1.82) is 0 Å². The summed E-state index contributed by atoms with van der Waals surface area (Å²) in [5, 5.41) is 5.83. The number of imidazole rings is 1. The Morgan fingerprint density at radius 3 is 2.73 bits per heavy atom. The minimum atomic E-state index is -0.700. The van der Waals surface area contributed by atoms with E-state index in [9.17, 15) is 8.78 Å². The molecule has 0 spiro atoms. The second kappa shape index (κ2) is 5.55. The molecular weight excluding hydrogens is 290 g/mol. The van der Waals surface area contributed by atoms with Gasteiger partial charge in [0.05, 0.1) is 11.9 Å². The summed E-state index contributed by atoms with van der Waals surface area (Å²) in [5.74, 6) is -0.557. The average molecular weight is 304 g/mol. The Hall–Kier alpha value is -2.77. The summed E-state index contributed by atoms with van der Waals surface area (Å²) in [7, 11) is 0. The SMILES string of the molecule is CC(C)Nc1ncc2nc(Nc3ccc(F)cc3F)[nH]c2n1. The van der Waals surface area contributed by atoms with Crippen LogP contribution >= 0.6 is 0 Å². The Morgan fingerprint density at radius 1 is 1.18 bits per heavy atom. The number of nitrogens with one attached hydrogen (secondary N) is 3. The zero-order valence-electron chi connectivity index (χ0n) is 12.0. The molecule has 0 bridgehead atoms. The third-order valence-corrected chi connectivity index (χ3v) is 2.84. The molecule has 3 aromatic rings. The van der Waals surface area contributed by atoms with E-state index >= 15 is 0 Å². The molecule has 0 atom stereocenters. The van der Waals surface area contributed by atoms with Crippen LogP contribution in [0.2, 0.25) is 0 Å². The largest absolute Gasteiger partial charge is 0.352 e. The first-order valence-corrected chi connectivity index (χ1v) is 6.72. The summed E-state index contributed by atoms with van der Waals surface area (Å²) >= 11 is 0. The highest BCUT2D eigenvalue weighted by Gasteiger charge is 2.09. The van der Waals surface area contributed by atoms with Crippen molar-refractivity contribution < 1.29 is 8.78 Å². The van der Waals surface area contributed by atoms with E-state index in [1.54, 1.807) is 6.20 Å². The van der Waals surface area contributed by atoms with Crippen LogP contribution in [0.5, 0.6) is 0 Å². The van der Waals surface area contributed by atoms with Gasteiger partial charge in [-0.05, 0) is 26.0 Å². The number of hydrogen-bond donors (Lipinski definition) is 3. The first-order chi connectivity index (χ1) is 10.5. The van der Waals surface area contributed by atoms with Gasteiger partial charge in [0.2, 0.25) is 11.9 Å². The highest BCUT2D eigenvalue weighted by Crippen LogP contribution is 2.20. The first-order valence-electron chi connectivity index (χ1n) is 6.72. The van der Waals surface area contributed by atoms with Gasteiger partial charge in [-0.2, -0.15) is 4.98 Å². The number of nitrogens with zero attached hydrogens (tertiary/aromatic N) is 3. The number of aromatic nitrogens is 4. The van der Waals surface area contributed by atoms with Gasteiger partial charge in [0.15, 0.2) is 5.65 Å². The van der Waals surface area contributed by atoms with Crippen LogP contribution in [0.3, 0.4) is 0 Å². The summed E-state index contributed by atoms with van der Waals surface area (Å²) in [5.41, 5.74) is 1.18. The van der Waals surface area contributed by atoms with Crippen molar-refractivity contribution in [2.75, 3.05) is 10.6 Å². The third-order valence-electron chi connectivity index (χ3n) is 2.84. The van der Waals surface area contributed by atoms with Crippen molar-refractivity contribution in [3.05, 3.63) is 36.0 Å².